The van der Waals surface area contributed by atoms with Crippen LogP contribution in [0.1, 0.15) is 142 Å². The Kier molecular flexibility index (Phi) is 36.8. The number of carbonyl (C=O) groups is 2. The lowest BCUT2D eigenvalue weighted by Gasteiger charge is -2.19. The highest BCUT2D eigenvalue weighted by Gasteiger charge is 2.25. The molecule has 0 spiro atoms. The second-order valence-electron chi connectivity index (χ2n) is 12.8. The van der Waals surface area contributed by atoms with Gasteiger partial charge in [-0.25, -0.2) is 4.57 Å². The van der Waals surface area contributed by atoms with Gasteiger partial charge in [0.25, 0.3) is 0 Å². The summed E-state index contributed by atoms with van der Waals surface area (Å²) in [5.74, 6) is -0.912. The number of hydrogen-bond acceptors (Lipinski definition) is 8. The number of unbranched alkanes of at least 4 members (excludes halogenated alkanes) is 9. The molecule has 302 valence electrons. The molecule has 0 amide bonds. The van der Waals surface area contributed by atoms with Crippen molar-refractivity contribution in [3.8, 4) is 0 Å². The molecular weight excluding hydrogens is 689 g/mol. The van der Waals surface area contributed by atoms with Crippen LogP contribution in [-0.4, -0.2) is 49.3 Å². The van der Waals surface area contributed by atoms with Crippen molar-refractivity contribution >= 4 is 19.8 Å². The highest BCUT2D eigenvalue weighted by Crippen LogP contribution is 2.43. The van der Waals surface area contributed by atoms with Gasteiger partial charge in [-0.3, -0.25) is 18.6 Å². The molecule has 0 rings (SSSR count). The van der Waals surface area contributed by atoms with Crippen molar-refractivity contribution in [1.82, 2.24) is 0 Å². The molecule has 0 aromatic carbocycles. The summed E-state index contributed by atoms with van der Waals surface area (Å²) in [5.41, 5.74) is 5.33. The molecule has 0 radical (unpaired) electrons. The number of ether oxygens (including phenoxy) is 2. The van der Waals surface area contributed by atoms with E-state index >= 15 is 0 Å². The van der Waals surface area contributed by atoms with Gasteiger partial charge in [-0.05, 0) is 89.9 Å². The quantitative estimate of drug-likeness (QED) is 0.0277. The zero-order chi connectivity index (χ0) is 38.9. The smallest absolute Gasteiger partial charge is 0.462 e. The highest BCUT2D eigenvalue weighted by molar-refractivity contribution is 7.47. The van der Waals surface area contributed by atoms with Crippen LogP contribution < -0.4 is 5.73 Å². The van der Waals surface area contributed by atoms with E-state index in [4.69, 9.17) is 24.3 Å². The van der Waals surface area contributed by atoms with Crippen molar-refractivity contribution in [2.24, 2.45) is 5.73 Å². The largest absolute Gasteiger partial charge is 0.472 e. The zero-order valence-corrected chi connectivity index (χ0v) is 33.9. The van der Waals surface area contributed by atoms with E-state index in [2.05, 4.69) is 98.9 Å². The first-order valence-corrected chi connectivity index (χ1v) is 21.6. The number of esters is 2. The summed E-state index contributed by atoms with van der Waals surface area (Å²) in [6, 6.07) is 0. The van der Waals surface area contributed by atoms with E-state index in [0.717, 1.165) is 83.5 Å². The number of phosphoric acid groups is 1. The van der Waals surface area contributed by atoms with Crippen LogP contribution in [0.4, 0.5) is 0 Å². The Morgan fingerprint density at radius 3 is 1.57 bits per heavy atom. The van der Waals surface area contributed by atoms with Crippen molar-refractivity contribution in [2.45, 2.75) is 148 Å². The van der Waals surface area contributed by atoms with Crippen LogP contribution in [0, 0.1) is 0 Å². The Labute approximate surface area is 322 Å². The summed E-state index contributed by atoms with van der Waals surface area (Å²) < 4.78 is 32.6. The van der Waals surface area contributed by atoms with Crippen molar-refractivity contribution in [3.05, 3.63) is 85.1 Å². The van der Waals surface area contributed by atoms with Gasteiger partial charge in [0, 0.05) is 19.4 Å². The van der Waals surface area contributed by atoms with Crippen molar-refractivity contribution in [1.29, 1.82) is 0 Å². The lowest BCUT2D eigenvalue weighted by molar-refractivity contribution is -0.161. The molecule has 0 bridgehead atoms. The minimum absolute atomic E-state index is 0.0390. The van der Waals surface area contributed by atoms with E-state index in [1.807, 2.05) is 0 Å². The SMILES string of the molecule is CC/C=C\C/C=C\C/C=C\C/C=C\CCCCCCC(=O)O[C@H](COC(=O)CCCC/C=C\C/C=C\C/C=C\CCCCC)COP(=O)(O)OCCN. The molecular formula is C43H72NO8P. The van der Waals surface area contributed by atoms with Crippen LogP contribution in [0.25, 0.3) is 0 Å². The van der Waals surface area contributed by atoms with Gasteiger partial charge in [0.2, 0.25) is 0 Å². The molecule has 0 saturated carbocycles. The maximum Gasteiger partial charge on any atom is 0.472 e. The van der Waals surface area contributed by atoms with E-state index < -0.39 is 32.5 Å². The fraction of sp³-hybridized carbons (Fsp3) is 0.628. The summed E-state index contributed by atoms with van der Waals surface area (Å²) >= 11 is 0. The highest BCUT2D eigenvalue weighted by atomic mass is 31.2. The van der Waals surface area contributed by atoms with E-state index in [1.165, 1.54) is 19.3 Å². The summed E-state index contributed by atoms with van der Waals surface area (Å²) in [6.45, 7) is 3.48. The molecule has 10 heteroatoms. The molecule has 0 aliphatic rings. The molecule has 0 aliphatic heterocycles. The molecule has 3 N–H and O–H groups in total. The monoisotopic (exact) mass is 761 g/mol. The average molecular weight is 762 g/mol. The number of phosphoric ester groups is 1. The average Bonchev–Trinajstić information content (AvgIpc) is 3.14. The van der Waals surface area contributed by atoms with Crippen molar-refractivity contribution in [2.75, 3.05) is 26.4 Å². The minimum atomic E-state index is -4.39. The van der Waals surface area contributed by atoms with Gasteiger partial charge in [-0.15, -0.1) is 0 Å². The minimum Gasteiger partial charge on any atom is -0.462 e. The Morgan fingerprint density at radius 2 is 1.04 bits per heavy atom. The number of rotatable bonds is 36. The summed E-state index contributed by atoms with van der Waals surface area (Å²) in [7, 11) is -4.39. The van der Waals surface area contributed by atoms with E-state index in [-0.39, 0.29) is 32.6 Å². The molecule has 53 heavy (non-hydrogen) atoms. The van der Waals surface area contributed by atoms with Crippen molar-refractivity contribution < 1.29 is 37.6 Å². The van der Waals surface area contributed by atoms with Gasteiger partial charge in [-0.1, -0.05) is 125 Å². The third-order valence-corrected chi connectivity index (χ3v) is 8.75. The lowest BCUT2D eigenvalue weighted by atomic mass is 10.1. The van der Waals surface area contributed by atoms with Crippen LogP contribution in [0.2, 0.25) is 0 Å². The maximum absolute atomic E-state index is 12.5. The van der Waals surface area contributed by atoms with Crippen LogP contribution in [0.15, 0.2) is 85.1 Å². The predicted octanol–water partition coefficient (Wildman–Crippen LogP) is 11.3. The third kappa shape index (κ3) is 38.7. The van der Waals surface area contributed by atoms with Gasteiger partial charge in [0.1, 0.15) is 6.61 Å². The molecule has 0 saturated heterocycles. The van der Waals surface area contributed by atoms with E-state index in [1.54, 1.807) is 0 Å². The van der Waals surface area contributed by atoms with Gasteiger partial charge < -0.3 is 20.1 Å². The van der Waals surface area contributed by atoms with Crippen LogP contribution in [-0.2, 0) is 32.7 Å². The number of allylic oxidation sites excluding steroid dienone is 14. The fourth-order valence-corrected chi connectivity index (χ4v) is 5.57. The standard InChI is InChI=1S/C43H72NO8P/c1-3-5-7-9-11-13-15-17-19-20-22-24-26-28-30-32-34-36-43(46)52-41(40-51-53(47,48)50-38-37-44)39-49-42(45)35-33-31-29-27-25-23-21-18-16-14-12-10-8-6-4-2/h5,7,11-14,17-19,21-22,24-25,27,41H,3-4,6,8-10,15-16,20,23,26,28-40,44H2,1-2H3,(H,47,48)/b7-5-,13-11-,14-12-,19-17-,21-18-,24-22-,27-25-/t41-/m1/s1. The Hall–Kier alpha value is -2.81. The van der Waals surface area contributed by atoms with E-state index in [0.29, 0.717) is 12.8 Å². The molecule has 9 nitrogen and oxygen atoms in total. The first-order chi connectivity index (χ1) is 25.8. The second kappa shape index (κ2) is 38.9. The molecule has 2 atom stereocenters. The maximum atomic E-state index is 12.5. The molecule has 0 aliphatic carbocycles. The summed E-state index contributed by atoms with van der Waals surface area (Å²) in [6.07, 6.45) is 47.6. The molecule has 0 aromatic heterocycles. The van der Waals surface area contributed by atoms with Gasteiger partial charge >= 0.3 is 19.8 Å². The first kappa shape index (κ1) is 50.2. The number of hydrogen-bond donors (Lipinski definition) is 2. The zero-order valence-electron chi connectivity index (χ0n) is 33.0. The molecule has 0 aromatic rings. The van der Waals surface area contributed by atoms with Gasteiger partial charge in [0.15, 0.2) is 6.10 Å². The van der Waals surface area contributed by atoms with Crippen LogP contribution in [0.5, 0.6) is 0 Å². The van der Waals surface area contributed by atoms with E-state index in [9.17, 15) is 19.0 Å². The van der Waals surface area contributed by atoms with Gasteiger partial charge in [-0.2, -0.15) is 0 Å². The van der Waals surface area contributed by atoms with Crippen molar-refractivity contribution in [3.63, 3.8) is 0 Å². The summed E-state index contributed by atoms with van der Waals surface area (Å²) in [4.78, 5) is 34.8. The van der Waals surface area contributed by atoms with Crippen LogP contribution in [0.3, 0.4) is 0 Å². The second-order valence-corrected chi connectivity index (χ2v) is 14.2. The number of nitrogens with two attached hydrogens (primary N) is 1. The van der Waals surface area contributed by atoms with Crippen LogP contribution >= 0.6 is 7.82 Å². The Bertz CT molecular complexity index is 1140. The fourth-order valence-electron chi connectivity index (χ4n) is 4.81. The molecule has 1 unspecified atom stereocenters. The molecule has 0 heterocycles. The first-order valence-electron chi connectivity index (χ1n) is 20.1. The lowest BCUT2D eigenvalue weighted by Crippen LogP contribution is -2.29. The Balaban J connectivity index is 4.34. The molecule has 0 fully saturated rings. The number of carbonyl (C=O) groups excluding carboxylic acids is 2. The Morgan fingerprint density at radius 1 is 0.585 bits per heavy atom. The third-order valence-electron chi connectivity index (χ3n) is 7.77. The predicted molar refractivity (Wildman–Crippen MR) is 219 cm³/mol. The van der Waals surface area contributed by atoms with Gasteiger partial charge in [0.05, 0.1) is 13.2 Å². The summed E-state index contributed by atoms with van der Waals surface area (Å²) in [5, 5.41) is 0. The normalized spacial score (nSPS) is 14.3. The topological polar surface area (TPSA) is 134 Å².